The van der Waals surface area contributed by atoms with Crippen LogP contribution in [0.4, 0.5) is 4.39 Å². The van der Waals surface area contributed by atoms with Gasteiger partial charge in [-0.3, -0.25) is 4.79 Å². The quantitative estimate of drug-likeness (QED) is 0.760. The highest BCUT2D eigenvalue weighted by molar-refractivity contribution is 7.89. The maximum absolute atomic E-state index is 13.1. The molecule has 1 aliphatic heterocycles. The van der Waals surface area contributed by atoms with E-state index in [-0.39, 0.29) is 17.3 Å². The summed E-state index contributed by atoms with van der Waals surface area (Å²) in [7, 11) is -2.24. The molecule has 1 atom stereocenters. The summed E-state index contributed by atoms with van der Waals surface area (Å²) >= 11 is 6.15. The van der Waals surface area contributed by atoms with Crippen molar-refractivity contribution in [2.24, 2.45) is 0 Å². The lowest BCUT2D eigenvalue weighted by molar-refractivity contribution is -0.133. The topological polar surface area (TPSA) is 57.7 Å². The second kappa shape index (κ2) is 7.96. The Morgan fingerprint density at radius 2 is 1.89 bits per heavy atom. The van der Waals surface area contributed by atoms with Crippen LogP contribution in [-0.2, 0) is 21.4 Å². The van der Waals surface area contributed by atoms with Crippen LogP contribution >= 0.6 is 11.6 Å². The normalized spacial score (nSPS) is 17.8. The summed E-state index contributed by atoms with van der Waals surface area (Å²) in [5.74, 6) is -0.791. The summed E-state index contributed by atoms with van der Waals surface area (Å²) in [4.78, 5) is 14.4. The van der Waals surface area contributed by atoms with Crippen LogP contribution < -0.4 is 0 Å². The zero-order valence-electron chi connectivity index (χ0n) is 14.8. The first-order valence-electron chi connectivity index (χ1n) is 8.56. The van der Waals surface area contributed by atoms with E-state index in [0.29, 0.717) is 24.4 Å². The molecule has 2 aromatic rings. The Hall–Kier alpha value is -1.96. The fourth-order valence-corrected chi connectivity index (χ4v) is 5.08. The number of nitrogens with zero attached hydrogens (tertiary/aromatic N) is 2. The largest absolute Gasteiger partial charge is 0.340 e. The number of hydrogen-bond donors (Lipinski definition) is 0. The third-order valence-electron chi connectivity index (χ3n) is 4.65. The van der Waals surface area contributed by atoms with Gasteiger partial charge in [0.1, 0.15) is 11.9 Å². The Labute approximate surface area is 163 Å². The van der Waals surface area contributed by atoms with Crippen molar-refractivity contribution < 1.29 is 17.6 Å². The molecule has 0 bridgehead atoms. The number of likely N-dealkylation sites (N-methyl/N-ethyl adjacent to an activating group) is 1. The van der Waals surface area contributed by atoms with E-state index >= 15 is 0 Å². The van der Waals surface area contributed by atoms with Crippen LogP contribution in [0.1, 0.15) is 18.4 Å². The van der Waals surface area contributed by atoms with Crippen molar-refractivity contribution in [3.63, 3.8) is 0 Å². The second-order valence-electron chi connectivity index (χ2n) is 6.51. The lowest BCUT2D eigenvalue weighted by Crippen LogP contribution is -2.46. The van der Waals surface area contributed by atoms with Gasteiger partial charge in [0.2, 0.25) is 15.9 Å². The predicted octanol–water partition coefficient (Wildman–Crippen LogP) is 3.29. The lowest BCUT2D eigenvalue weighted by atomic mass is 10.1. The molecule has 144 valence electrons. The van der Waals surface area contributed by atoms with E-state index in [1.807, 2.05) is 18.2 Å². The molecule has 0 spiro atoms. The molecule has 2 aromatic carbocycles. The smallest absolute Gasteiger partial charge is 0.243 e. The van der Waals surface area contributed by atoms with Crippen LogP contribution in [-0.4, -0.2) is 43.2 Å². The van der Waals surface area contributed by atoms with E-state index in [4.69, 9.17) is 11.6 Å². The number of sulfonamides is 1. The van der Waals surface area contributed by atoms with Crippen molar-refractivity contribution in [2.75, 3.05) is 13.6 Å². The molecular weight excluding hydrogens is 391 g/mol. The second-order valence-corrected chi connectivity index (χ2v) is 8.81. The van der Waals surface area contributed by atoms with Gasteiger partial charge in [-0.15, -0.1) is 0 Å². The third-order valence-corrected chi connectivity index (χ3v) is 6.94. The molecule has 3 rings (SSSR count). The molecule has 1 saturated heterocycles. The highest BCUT2D eigenvalue weighted by Crippen LogP contribution is 2.28. The van der Waals surface area contributed by atoms with Gasteiger partial charge in [0.25, 0.3) is 0 Å². The molecule has 1 aliphatic rings. The van der Waals surface area contributed by atoms with Gasteiger partial charge in [-0.2, -0.15) is 4.31 Å². The Morgan fingerprint density at radius 3 is 2.56 bits per heavy atom. The van der Waals surface area contributed by atoms with E-state index in [1.165, 1.54) is 21.3 Å². The molecule has 1 heterocycles. The Kier molecular flexibility index (Phi) is 5.83. The van der Waals surface area contributed by atoms with Crippen molar-refractivity contribution >= 4 is 27.5 Å². The predicted molar refractivity (Wildman–Crippen MR) is 101 cm³/mol. The molecule has 1 fully saturated rings. The van der Waals surface area contributed by atoms with Crippen molar-refractivity contribution in [3.8, 4) is 0 Å². The average Bonchev–Trinajstić information content (AvgIpc) is 3.14. The monoisotopic (exact) mass is 410 g/mol. The first kappa shape index (κ1) is 19.8. The number of carbonyl (C=O) groups excluding carboxylic acids is 1. The van der Waals surface area contributed by atoms with Gasteiger partial charge in [-0.05, 0) is 48.7 Å². The first-order valence-corrected chi connectivity index (χ1v) is 10.4. The maximum atomic E-state index is 13.1. The highest BCUT2D eigenvalue weighted by atomic mass is 35.5. The van der Waals surface area contributed by atoms with Gasteiger partial charge < -0.3 is 4.90 Å². The molecule has 1 amide bonds. The minimum Gasteiger partial charge on any atom is -0.340 e. The summed E-state index contributed by atoms with van der Waals surface area (Å²) in [6.07, 6.45) is 1.04. The third kappa shape index (κ3) is 4.15. The average molecular weight is 411 g/mol. The number of hydrogen-bond acceptors (Lipinski definition) is 3. The fourth-order valence-electron chi connectivity index (χ4n) is 3.23. The molecule has 0 saturated carbocycles. The van der Waals surface area contributed by atoms with Crippen LogP contribution in [0.5, 0.6) is 0 Å². The highest BCUT2D eigenvalue weighted by Gasteiger charge is 2.40. The van der Waals surface area contributed by atoms with Crippen molar-refractivity contribution in [3.05, 3.63) is 64.9 Å². The van der Waals surface area contributed by atoms with E-state index < -0.39 is 21.9 Å². The Bertz CT molecular complexity index is 934. The summed E-state index contributed by atoms with van der Waals surface area (Å²) in [6, 6.07) is 11.1. The summed E-state index contributed by atoms with van der Waals surface area (Å²) in [6.45, 7) is 0.551. The van der Waals surface area contributed by atoms with E-state index in [9.17, 15) is 17.6 Å². The van der Waals surface area contributed by atoms with Gasteiger partial charge in [0.15, 0.2) is 0 Å². The summed E-state index contributed by atoms with van der Waals surface area (Å²) < 4.78 is 40.2. The SMILES string of the molecule is CN(Cc1ccccc1Cl)C(=O)C1CCCN1S(=O)(=O)c1ccc(F)cc1. The molecule has 5 nitrogen and oxygen atoms in total. The molecule has 27 heavy (non-hydrogen) atoms. The maximum Gasteiger partial charge on any atom is 0.243 e. The van der Waals surface area contributed by atoms with Gasteiger partial charge in [-0.1, -0.05) is 29.8 Å². The lowest BCUT2D eigenvalue weighted by Gasteiger charge is -2.27. The Morgan fingerprint density at radius 1 is 1.22 bits per heavy atom. The number of halogens is 2. The van der Waals surface area contributed by atoms with E-state index in [2.05, 4.69) is 0 Å². The van der Waals surface area contributed by atoms with Crippen LogP contribution in [0, 0.1) is 5.82 Å². The standard InChI is InChI=1S/C19H20ClFN2O3S/c1-22(13-14-5-2-3-6-17(14)20)19(24)18-7-4-12-23(18)27(25,26)16-10-8-15(21)9-11-16/h2-3,5-6,8-11,18H,4,7,12-13H2,1H3. The molecule has 0 aromatic heterocycles. The van der Waals surface area contributed by atoms with Crippen molar-refractivity contribution in [1.82, 2.24) is 9.21 Å². The van der Waals surface area contributed by atoms with Crippen LogP contribution in [0.15, 0.2) is 53.4 Å². The number of amides is 1. The van der Waals surface area contributed by atoms with Crippen LogP contribution in [0.25, 0.3) is 0 Å². The number of benzene rings is 2. The summed E-state index contributed by atoms with van der Waals surface area (Å²) in [5.41, 5.74) is 0.793. The fraction of sp³-hybridized carbons (Fsp3) is 0.316. The minimum absolute atomic E-state index is 0.0163. The van der Waals surface area contributed by atoms with Crippen molar-refractivity contribution in [1.29, 1.82) is 0 Å². The number of carbonyl (C=O) groups is 1. The zero-order valence-corrected chi connectivity index (χ0v) is 16.4. The zero-order chi connectivity index (χ0) is 19.6. The van der Waals surface area contributed by atoms with Gasteiger partial charge >= 0.3 is 0 Å². The Balaban J connectivity index is 1.80. The van der Waals surface area contributed by atoms with Gasteiger partial charge in [-0.25, -0.2) is 12.8 Å². The molecule has 0 N–H and O–H groups in total. The van der Waals surface area contributed by atoms with Crippen LogP contribution in [0.2, 0.25) is 5.02 Å². The molecule has 1 unspecified atom stereocenters. The van der Waals surface area contributed by atoms with Gasteiger partial charge in [0.05, 0.1) is 4.90 Å². The molecule has 0 aliphatic carbocycles. The van der Waals surface area contributed by atoms with E-state index in [0.717, 1.165) is 17.7 Å². The summed E-state index contributed by atoms with van der Waals surface area (Å²) in [5, 5.41) is 0.555. The molecule has 8 heteroatoms. The van der Waals surface area contributed by atoms with E-state index in [1.54, 1.807) is 13.1 Å². The molecular formula is C19H20ClFN2O3S. The minimum atomic E-state index is -3.87. The first-order chi connectivity index (χ1) is 12.8. The number of rotatable bonds is 5. The van der Waals surface area contributed by atoms with Crippen LogP contribution in [0.3, 0.4) is 0 Å². The molecule has 0 radical (unpaired) electrons. The van der Waals surface area contributed by atoms with Gasteiger partial charge in [0, 0.05) is 25.2 Å². The van der Waals surface area contributed by atoms with Crippen molar-refractivity contribution in [2.45, 2.75) is 30.3 Å².